The minimum atomic E-state index is -0.239. The molecule has 0 spiro atoms. The van der Waals surface area contributed by atoms with Crippen LogP contribution in [-0.2, 0) is 14.3 Å². The van der Waals surface area contributed by atoms with E-state index < -0.39 is 0 Å². The van der Waals surface area contributed by atoms with Gasteiger partial charge in [-0.3, -0.25) is 14.6 Å². The van der Waals surface area contributed by atoms with Crippen LogP contribution in [0.1, 0.15) is 6.42 Å². The number of rotatable bonds is 5. The van der Waals surface area contributed by atoms with Gasteiger partial charge in [-0.2, -0.15) is 0 Å². The topological polar surface area (TPSA) is 78.9 Å². The number of para-hydroxylation sites is 2. The molecule has 1 unspecified atom stereocenters. The maximum absolute atomic E-state index is 12.9. The van der Waals surface area contributed by atoms with Crippen molar-refractivity contribution in [1.82, 2.24) is 19.8 Å². The van der Waals surface area contributed by atoms with Crippen LogP contribution in [0.4, 0.5) is 5.82 Å². The second-order valence-electron chi connectivity index (χ2n) is 7.26. The zero-order valence-electron chi connectivity index (χ0n) is 16.1. The average Bonchev–Trinajstić information content (AvgIpc) is 3.12. The van der Waals surface area contributed by atoms with Gasteiger partial charge in [-0.25, -0.2) is 4.98 Å². The largest absolute Gasteiger partial charge is 0.383 e. The predicted octanol–water partition coefficient (Wildman–Crippen LogP) is 0.773. The van der Waals surface area contributed by atoms with Crippen LogP contribution in [0.25, 0.3) is 11.0 Å². The van der Waals surface area contributed by atoms with Gasteiger partial charge < -0.3 is 19.4 Å². The van der Waals surface area contributed by atoms with Crippen LogP contribution in [0.5, 0.6) is 0 Å². The average molecular weight is 383 g/mol. The monoisotopic (exact) mass is 383 g/mol. The number of likely N-dealkylation sites (tertiary alicyclic amines) is 1. The summed E-state index contributed by atoms with van der Waals surface area (Å²) >= 11 is 0. The molecule has 3 heterocycles. The van der Waals surface area contributed by atoms with E-state index in [1.54, 1.807) is 18.2 Å². The van der Waals surface area contributed by atoms with E-state index in [0.717, 1.165) is 16.9 Å². The first-order chi connectivity index (χ1) is 13.7. The van der Waals surface area contributed by atoms with Gasteiger partial charge in [0.25, 0.3) is 0 Å². The number of benzene rings is 1. The summed E-state index contributed by atoms with van der Waals surface area (Å²) < 4.78 is 5.04. The Kier molecular flexibility index (Phi) is 5.38. The Morgan fingerprint density at radius 1 is 1.18 bits per heavy atom. The van der Waals surface area contributed by atoms with E-state index in [1.165, 1.54) is 0 Å². The number of amides is 2. The predicted molar refractivity (Wildman–Crippen MR) is 105 cm³/mol. The van der Waals surface area contributed by atoms with Gasteiger partial charge >= 0.3 is 0 Å². The number of anilines is 1. The lowest BCUT2D eigenvalue weighted by molar-refractivity contribution is -0.136. The van der Waals surface area contributed by atoms with Gasteiger partial charge in [-0.05, 0) is 12.1 Å². The number of nitrogens with zero attached hydrogens (tertiary/aromatic N) is 5. The molecule has 1 aromatic heterocycles. The van der Waals surface area contributed by atoms with Crippen LogP contribution in [-0.4, -0.2) is 84.6 Å². The van der Waals surface area contributed by atoms with Crippen LogP contribution < -0.4 is 4.90 Å². The maximum Gasteiger partial charge on any atom is 0.228 e. The van der Waals surface area contributed by atoms with Gasteiger partial charge in [0.2, 0.25) is 11.8 Å². The Labute approximate surface area is 164 Å². The number of methoxy groups -OCH3 is 1. The lowest BCUT2D eigenvalue weighted by Gasteiger charge is -2.36. The fourth-order valence-corrected chi connectivity index (χ4v) is 3.87. The summed E-state index contributed by atoms with van der Waals surface area (Å²) in [6, 6.07) is 7.81. The summed E-state index contributed by atoms with van der Waals surface area (Å²) in [7, 11) is 1.61. The molecule has 2 saturated heterocycles. The lowest BCUT2D eigenvalue weighted by atomic mass is 10.1. The van der Waals surface area contributed by atoms with Crippen molar-refractivity contribution in [3.63, 3.8) is 0 Å². The number of carbonyl (C=O) groups is 2. The second kappa shape index (κ2) is 8.10. The minimum absolute atomic E-state index is 0.0421. The number of piperazine rings is 1. The van der Waals surface area contributed by atoms with E-state index in [9.17, 15) is 9.59 Å². The molecule has 2 aromatic rings. The molecule has 0 N–H and O–H groups in total. The van der Waals surface area contributed by atoms with Crippen molar-refractivity contribution in [3.8, 4) is 0 Å². The van der Waals surface area contributed by atoms with Crippen LogP contribution in [0, 0.1) is 5.92 Å². The number of hydrogen-bond donors (Lipinski definition) is 0. The molecule has 0 bridgehead atoms. The van der Waals surface area contributed by atoms with Crippen molar-refractivity contribution < 1.29 is 14.3 Å². The summed E-state index contributed by atoms with van der Waals surface area (Å²) in [6.07, 6.45) is 2.10. The lowest BCUT2D eigenvalue weighted by Crippen LogP contribution is -2.51. The third-order valence-electron chi connectivity index (χ3n) is 5.48. The highest BCUT2D eigenvalue weighted by Gasteiger charge is 2.37. The van der Waals surface area contributed by atoms with Crippen molar-refractivity contribution in [2.24, 2.45) is 5.92 Å². The van der Waals surface area contributed by atoms with Crippen molar-refractivity contribution in [2.75, 3.05) is 57.9 Å². The van der Waals surface area contributed by atoms with E-state index in [-0.39, 0.29) is 17.7 Å². The molecule has 0 aliphatic carbocycles. The number of hydrogen-bond acceptors (Lipinski definition) is 6. The highest BCUT2D eigenvalue weighted by atomic mass is 16.5. The van der Waals surface area contributed by atoms with Crippen molar-refractivity contribution in [2.45, 2.75) is 6.42 Å². The fraction of sp³-hybridized carbons (Fsp3) is 0.500. The van der Waals surface area contributed by atoms with E-state index in [4.69, 9.17) is 9.72 Å². The SMILES string of the molecule is COCCN1CC(C(=O)N2CCN(c3cnc4ccccc4n3)CC2)CC1=O. The van der Waals surface area contributed by atoms with Gasteiger partial charge in [0.15, 0.2) is 0 Å². The molecule has 8 nitrogen and oxygen atoms in total. The molecule has 4 rings (SSSR count). The molecule has 1 atom stereocenters. The first kappa shape index (κ1) is 18.6. The Morgan fingerprint density at radius 2 is 1.93 bits per heavy atom. The van der Waals surface area contributed by atoms with Crippen LogP contribution in [0.15, 0.2) is 30.5 Å². The van der Waals surface area contributed by atoms with Gasteiger partial charge in [0, 0.05) is 52.8 Å². The molecule has 1 aromatic carbocycles. The molecule has 148 valence electrons. The van der Waals surface area contributed by atoms with Gasteiger partial charge in [0.05, 0.1) is 29.8 Å². The smallest absolute Gasteiger partial charge is 0.228 e. The van der Waals surface area contributed by atoms with Crippen molar-refractivity contribution in [1.29, 1.82) is 0 Å². The van der Waals surface area contributed by atoms with Crippen LogP contribution >= 0.6 is 0 Å². The molecule has 0 saturated carbocycles. The summed E-state index contributed by atoms with van der Waals surface area (Å²) in [5.74, 6) is 0.724. The summed E-state index contributed by atoms with van der Waals surface area (Å²) in [6.45, 7) is 4.24. The maximum atomic E-state index is 12.9. The summed E-state index contributed by atoms with van der Waals surface area (Å²) in [5, 5.41) is 0. The molecule has 0 radical (unpaired) electrons. The molecule has 2 fully saturated rings. The molecular weight excluding hydrogens is 358 g/mol. The van der Waals surface area contributed by atoms with Gasteiger partial charge in [-0.15, -0.1) is 0 Å². The standard InChI is InChI=1S/C20H25N5O3/c1-28-11-10-25-14-15(12-19(25)26)20(27)24-8-6-23(7-9-24)18-13-21-16-4-2-3-5-17(16)22-18/h2-5,13,15H,6-12,14H2,1H3. The summed E-state index contributed by atoms with van der Waals surface area (Å²) in [4.78, 5) is 39.9. The van der Waals surface area contributed by atoms with Crippen molar-refractivity contribution in [3.05, 3.63) is 30.5 Å². The normalized spacial score (nSPS) is 20.2. The van der Waals surface area contributed by atoms with E-state index in [0.29, 0.717) is 52.3 Å². The zero-order valence-corrected chi connectivity index (χ0v) is 16.1. The third-order valence-corrected chi connectivity index (χ3v) is 5.48. The van der Waals surface area contributed by atoms with Crippen LogP contribution in [0.3, 0.4) is 0 Å². The molecule has 2 amide bonds. The second-order valence-corrected chi connectivity index (χ2v) is 7.26. The number of carbonyl (C=O) groups excluding carboxylic acids is 2. The van der Waals surface area contributed by atoms with Crippen LogP contribution in [0.2, 0.25) is 0 Å². The van der Waals surface area contributed by atoms with Gasteiger partial charge in [-0.1, -0.05) is 12.1 Å². The van der Waals surface area contributed by atoms with E-state index >= 15 is 0 Å². The highest BCUT2D eigenvalue weighted by molar-refractivity contribution is 5.89. The first-order valence-electron chi connectivity index (χ1n) is 9.68. The Bertz CT molecular complexity index is 866. The summed E-state index contributed by atoms with van der Waals surface area (Å²) in [5.41, 5.74) is 1.75. The number of fused-ring (bicyclic) bond motifs is 1. The molecule has 28 heavy (non-hydrogen) atoms. The zero-order chi connectivity index (χ0) is 19.5. The molecular formula is C20H25N5O3. The number of aromatic nitrogens is 2. The number of ether oxygens (including phenoxy) is 1. The third kappa shape index (κ3) is 3.77. The Morgan fingerprint density at radius 3 is 2.68 bits per heavy atom. The molecule has 2 aliphatic rings. The quantitative estimate of drug-likeness (QED) is 0.759. The highest BCUT2D eigenvalue weighted by Crippen LogP contribution is 2.22. The van der Waals surface area contributed by atoms with E-state index in [2.05, 4.69) is 9.88 Å². The minimum Gasteiger partial charge on any atom is -0.383 e. The molecule has 8 heteroatoms. The van der Waals surface area contributed by atoms with Gasteiger partial charge in [0.1, 0.15) is 5.82 Å². The van der Waals surface area contributed by atoms with Crippen molar-refractivity contribution >= 4 is 28.7 Å². The Hall–Kier alpha value is -2.74. The Balaban J connectivity index is 1.34. The first-order valence-corrected chi connectivity index (χ1v) is 9.68. The van der Waals surface area contributed by atoms with E-state index in [1.807, 2.05) is 29.2 Å². The molecule has 2 aliphatic heterocycles. The fourth-order valence-electron chi connectivity index (χ4n) is 3.87.